The van der Waals surface area contributed by atoms with Gasteiger partial charge < -0.3 is 29.8 Å². The molecule has 3 N–H and O–H groups in total. The van der Waals surface area contributed by atoms with Gasteiger partial charge in [0.1, 0.15) is 12.1 Å². The average Bonchev–Trinajstić information content (AvgIpc) is 3.69. The topological polar surface area (TPSA) is 148 Å². The maximum Gasteiger partial charge on any atom is 0.399 e. The second kappa shape index (κ2) is 13.3. The number of carbonyl (C=O) groups excluding carboxylic acids is 4. The highest BCUT2D eigenvalue weighted by molar-refractivity contribution is 7.52. The number of benzene rings is 2. The highest BCUT2D eigenvalue weighted by atomic mass is 32.1. The lowest BCUT2D eigenvalue weighted by atomic mass is 9.85. The molecule has 1 aromatic heterocycles. The normalized spacial score (nSPS) is 19.8. The molecule has 5 rings (SSSR count). The Morgan fingerprint density at radius 2 is 1.67 bits per heavy atom. The summed E-state index contributed by atoms with van der Waals surface area (Å²) in [5.41, 5.74) is -5.14. The maximum atomic E-state index is 14.3. The zero-order valence-corrected chi connectivity index (χ0v) is 28.8. The van der Waals surface area contributed by atoms with Crippen molar-refractivity contribution < 1.29 is 42.3 Å². The smallest absolute Gasteiger partial charge is 0.339 e. The van der Waals surface area contributed by atoms with Crippen LogP contribution in [0, 0.1) is 5.41 Å². The molecule has 2 aliphatic heterocycles. The summed E-state index contributed by atoms with van der Waals surface area (Å²) in [6, 6.07) is 11.8. The lowest BCUT2D eigenvalue weighted by Gasteiger charge is -2.43. The van der Waals surface area contributed by atoms with Crippen LogP contribution in [0.1, 0.15) is 67.4 Å². The Morgan fingerprint density at radius 3 is 2.29 bits per heavy atom. The quantitative estimate of drug-likeness (QED) is 0.302. The third-order valence-corrected chi connectivity index (χ3v) is 11.0. The van der Waals surface area contributed by atoms with Crippen LogP contribution in [0.4, 0.5) is 8.78 Å². The van der Waals surface area contributed by atoms with Gasteiger partial charge in [-0.25, -0.2) is 0 Å². The fourth-order valence-electron chi connectivity index (χ4n) is 6.35. The molecule has 3 aromatic rings. The minimum atomic E-state index is -5.78. The molecule has 0 saturated carbocycles. The van der Waals surface area contributed by atoms with Crippen molar-refractivity contribution in [3.63, 3.8) is 0 Å². The molecule has 258 valence electrons. The van der Waals surface area contributed by atoms with Crippen LogP contribution in [-0.2, 0) is 24.6 Å². The lowest BCUT2D eigenvalue weighted by molar-refractivity contribution is -0.149. The molecule has 3 heterocycles. The first kappa shape index (κ1) is 35.6. The molecule has 0 spiro atoms. The molecule has 0 unspecified atom stereocenters. The van der Waals surface area contributed by atoms with E-state index >= 15 is 0 Å². The van der Waals surface area contributed by atoms with Crippen LogP contribution in [0.25, 0.3) is 10.1 Å². The van der Waals surface area contributed by atoms with Gasteiger partial charge in [0, 0.05) is 43.4 Å². The predicted molar refractivity (Wildman–Crippen MR) is 176 cm³/mol. The maximum absolute atomic E-state index is 14.3. The summed E-state index contributed by atoms with van der Waals surface area (Å²) >= 11 is 0.989. The summed E-state index contributed by atoms with van der Waals surface area (Å²) in [4.78, 5) is 77.4. The Bertz CT molecular complexity index is 1770. The van der Waals surface area contributed by atoms with E-state index in [2.05, 4.69) is 5.32 Å². The van der Waals surface area contributed by atoms with E-state index in [9.17, 15) is 32.5 Å². The number of rotatable bonds is 7. The molecule has 2 aromatic carbocycles. The van der Waals surface area contributed by atoms with Crippen molar-refractivity contribution in [3.8, 4) is 0 Å². The molecule has 2 aliphatic rings. The van der Waals surface area contributed by atoms with Crippen LogP contribution < -0.4 is 5.32 Å². The van der Waals surface area contributed by atoms with Crippen LogP contribution in [-0.4, -0.2) is 86.4 Å². The Morgan fingerprint density at radius 1 is 0.979 bits per heavy atom. The highest BCUT2D eigenvalue weighted by Crippen LogP contribution is 2.59. The third-order valence-electron chi connectivity index (χ3n) is 8.94. The van der Waals surface area contributed by atoms with Crippen LogP contribution in [0.15, 0.2) is 54.6 Å². The van der Waals surface area contributed by atoms with E-state index in [-0.39, 0.29) is 34.7 Å². The second-order valence-corrected chi connectivity index (χ2v) is 16.1. The fourth-order valence-corrected chi connectivity index (χ4v) is 7.77. The van der Waals surface area contributed by atoms with Crippen molar-refractivity contribution in [3.05, 3.63) is 70.6 Å². The molecule has 3 atom stereocenters. The lowest BCUT2D eigenvalue weighted by Crippen LogP contribution is -2.59. The Balaban J connectivity index is 1.34. The molecule has 11 nitrogen and oxygen atoms in total. The van der Waals surface area contributed by atoms with Gasteiger partial charge >= 0.3 is 13.3 Å². The first-order valence-electron chi connectivity index (χ1n) is 15.6. The van der Waals surface area contributed by atoms with Crippen LogP contribution in [0.5, 0.6) is 0 Å². The summed E-state index contributed by atoms with van der Waals surface area (Å²) in [6.07, 6.45) is 1.05. The van der Waals surface area contributed by atoms with Crippen molar-refractivity contribution in [2.45, 2.75) is 64.3 Å². The van der Waals surface area contributed by atoms with Gasteiger partial charge in [-0.1, -0.05) is 57.2 Å². The van der Waals surface area contributed by atoms with Crippen molar-refractivity contribution in [1.82, 2.24) is 20.0 Å². The number of thiophene rings is 1. The number of likely N-dealkylation sites (tertiary alicyclic amines) is 1. The molecular formula is C33H39F2N4O7PS. The number of nitrogens with zero attached hydrogens (tertiary/aromatic N) is 3. The summed E-state index contributed by atoms with van der Waals surface area (Å²) < 4.78 is 40.5. The van der Waals surface area contributed by atoms with Crippen molar-refractivity contribution >= 4 is 52.6 Å². The summed E-state index contributed by atoms with van der Waals surface area (Å²) in [6.45, 7) is 8.16. The number of halogens is 2. The van der Waals surface area contributed by atoms with Gasteiger partial charge in [0.15, 0.2) is 0 Å². The highest BCUT2D eigenvalue weighted by Gasteiger charge is 2.50. The number of piperazine rings is 1. The van der Waals surface area contributed by atoms with Gasteiger partial charge in [0.25, 0.3) is 5.91 Å². The van der Waals surface area contributed by atoms with Crippen LogP contribution >= 0.6 is 18.9 Å². The Hall–Kier alpha value is -3.71. The minimum Gasteiger partial charge on any atom is -0.339 e. The van der Waals surface area contributed by atoms with Gasteiger partial charge in [-0.2, -0.15) is 8.78 Å². The van der Waals surface area contributed by atoms with Crippen molar-refractivity contribution in [1.29, 1.82) is 0 Å². The number of amides is 4. The molecule has 0 aliphatic carbocycles. The fraction of sp³-hybridized carbons (Fsp3) is 0.455. The van der Waals surface area contributed by atoms with Gasteiger partial charge in [-0.05, 0) is 47.4 Å². The van der Waals surface area contributed by atoms with Crippen LogP contribution in [0.3, 0.4) is 0 Å². The van der Waals surface area contributed by atoms with Crippen molar-refractivity contribution in [2.75, 3.05) is 26.2 Å². The van der Waals surface area contributed by atoms with E-state index in [1.54, 1.807) is 30.6 Å². The molecule has 0 radical (unpaired) electrons. The van der Waals surface area contributed by atoms with E-state index in [1.165, 1.54) is 24.0 Å². The van der Waals surface area contributed by atoms with E-state index in [4.69, 9.17) is 9.79 Å². The van der Waals surface area contributed by atoms with Crippen molar-refractivity contribution in [2.24, 2.45) is 5.41 Å². The van der Waals surface area contributed by atoms with E-state index in [1.807, 2.05) is 30.3 Å². The zero-order chi connectivity index (χ0) is 35.2. The molecule has 15 heteroatoms. The Kier molecular flexibility index (Phi) is 9.86. The molecular weight excluding hydrogens is 665 g/mol. The van der Waals surface area contributed by atoms with Crippen LogP contribution in [0.2, 0.25) is 0 Å². The van der Waals surface area contributed by atoms with E-state index < -0.39 is 48.1 Å². The molecule has 0 bridgehead atoms. The molecule has 4 amide bonds. The van der Waals surface area contributed by atoms with Gasteiger partial charge in [-0.15, -0.1) is 11.3 Å². The number of alkyl halides is 2. The average molecular weight is 705 g/mol. The van der Waals surface area contributed by atoms with Gasteiger partial charge in [0.2, 0.25) is 17.7 Å². The SMILES string of the molecule is CC(=O)N1CCN(C(=O)[C@@H]2CCCN2C(=O)[C@@H](NC(=O)c2cc3cc(C(F)(F)P(=O)(O)O)ccc3s2)C(C)(C)C)C[C@@H]1c1ccccc1. The minimum absolute atomic E-state index is 0.0875. The second-order valence-electron chi connectivity index (χ2n) is 13.3. The van der Waals surface area contributed by atoms with E-state index in [0.717, 1.165) is 29.0 Å². The first-order chi connectivity index (χ1) is 22.4. The number of carbonyl (C=O) groups is 4. The Labute approximate surface area is 281 Å². The summed E-state index contributed by atoms with van der Waals surface area (Å²) in [5.74, 6) is -1.34. The number of hydrogen-bond donors (Lipinski definition) is 3. The molecule has 2 saturated heterocycles. The molecule has 2 fully saturated rings. The predicted octanol–water partition coefficient (Wildman–Crippen LogP) is 4.70. The van der Waals surface area contributed by atoms with Gasteiger partial charge in [-0.3, -0.25) is 23.7 Å². The first-order valence-corrected chi connectivity index (χ1v) is 18.0. The molecule has 48 heavy (non-hydrogen) atoms. The summed E-state index contributed by atoms with van der Waals surface area (Å²) in [5, 5.41) is 3.00. The third kappa shape index (κ3) is 7.03. The summed E-state index contributed by atoms with van der Waals surface area (Å²) in [7, 11) is -5.78. The number of fused-ring (bicyclic) bond motifs is 1. The monoisotopic (exact) mass is 704 g/mol. The zero-order valence-electron chi connectivity index (χ0n) is 27.1. The largest absolute Gasteiger partial charge is 0.399 e. The number of hydrogen-bond acceptors (Lipinski definition) is 6. The number of nitrogens with one attached hydrogen (secondary N) is 1. The van der Waals surface area contributed by atoms with E-state index in [0.29, 0.717) is 37.2 Å². The van der Waals surface area contributed by atoms with Gasteiger partial charge in [0.05, 0.1) is 10.9 Å². The standard InChI is InChI=1S/C33H39F2N4O7PS/c1-20(40)38-16-15-37(19-25(38)21-9-6-5-7-10-21)30(42)24-11-8-14-39(24)31(43)28(32(2,3)4)36-29(41)27-18-22-17-23(12-13-26(22)48-27)33(34,35)47(44,45)46/h5-7,9-10,12-13,17-18,24-25,28H,8,11,14-16,19H2,1-4H3,(H,36,41)(H2,44,45,46)/t24-,25+,28+/m0/s1.